The molecule has 2 fully saturated rings. The molecule has 154 valence electrons. The van der Waals surface area contributed by atoms with Gasteiger partial charge in [0, 0.05) is 53.9 Å². The van der Waals surface area contributed by atoms with Gasteiger partial charge in [-0.3, -0.25) is 14.7 Å². The molecule has 2 aliphatic rings. The molecule has 1 aromatic carbocycles. The van der Waals surface area contributed by atoms with E-state index in [1.807, 2.05) is 12.1 Å². The minimum absolute atomic E-state index is 0.0796. The zero-order valence-corrected chi connectivity index (χ0v) is 16.8. The lowest BCUT2D eigenvalue weighted by Gasteiger charge is -2.43. The number of fused-ring (bicyclic) bond motifs is 2. The normalized spacial score (nSPS) is 26.2. The Morgan fingerprint density at radius 1 is 1.21 bits per heavy atom. The SMILES string of the molecule is COc1cc(NC(=O)CN2[C@H]3CC[C@H]2CC(O)(c2cccnc2)C3)cc(OC)c1. The van der Waals surface area contributed by atoms with E-state index in [1.165, 1.54) is 0 Å². The summed E-state index contributed by atoms with van der Waals surface area (Å²) in [5.74, 6) is 1.17. The number of hydrogen-bond acceptors (Lipinski definition) is 6. The second-order valence-corrected chi connectivity index (χ2v) is 7.89. The van der Waals surface area contributed by atoms with Gasteiger partial charge in [0.1, 0.15) is 11.5 Å². The number of rotatable bonds is 6. The number of anilines is 1. The van der Waals surface area contributed by atoms with Crippen LogP contribution in [0.1, 0.15) is 31.2 Å². The molecule has 0 aliphatic carbocycles. The highest BCUT2D eigenvalue weighted by molar-refractivity contribution is 5.92. The number of aromatic nitrogens is 1. The number of carbonyl (C=O) groups is 1. The molecule has 29 heavy (non-hydrogen) atoms. The Kier molecular flexibility index (Phi) is 5.43. The highest BCUT2D eigenvalue weighted by Gasteiger charge is 2.48. The molecule has 2 aliphatic heterocycles. The van der Waals surface area contributed by atoms with Gasteiger partial charge in [-0.2, -0.15) is 0 Å². The van der Waals surface area contributed by atoms with Crippen molar-refractivity contribution >= 4 is 11.6 Å². The number of methoxy groups -OCH3 is 2. The third kappa shape index (κ3) is 4.06. The zero-order valence-electron chi connectivity index (χ0n) is 16.8. The number of amides is 1. The smallest absolute Gasteiger partial charge is 0.238 e. The van der Waals surface area contributed by atoms with Gasteiger partial charge in [0.15, 0.2) is 0 Å². The number of hydrogen-bond donors (Lipinski definition) is 2. The van der Waals surface area contributed by atoms with Crippen molar-refractivity contribution in [3.63, 3.8) is 0 Å². The van der Waals surface area contributed by atoms with Crippen LogP contribution in [0.5, 0.6) is 11.5 Å². The van der Waals surface area contributed by atoms with Gasteiger partial charge in [0.25, 0.3) is 0 Å². The van der Waals surface area contributed by atoms with Crippen molar-refractivity contribution in [2.24, 2.45) is 0 Å². The number of aliphatic hydroxyl groups is 1. The Morgan fingerprint density at radius 2 is 1.86 bits per heavy atom. The first-order valence-corrected chi connectivity index (χ1v) is 9.92. The lowest BCUT2D eigenvalue weighted by atomic mass is 9.81. The van der Waals surface area contributed by atoms with Crippen molar-refractivity contribution in [1.29, 1.82) is 0 Å². The number of nitrogens with one attached hydrogen (secondary N) is 1. The molecule has 0 radical (unpaired) electrons. The molecule has 2 N–H and O–H groups in total. The second-order valence-electron chi connectivity index (χ2n) is 7.89. The quantitative estimate of drug-likeness (QED) is 0.779. The first-order valence-electron chi connectivity index (χ1n) is 9.92. The average molecular weight is 397 g/mol. The molecule has 1 aromatic heterocycles. The van der Waals surface area contributed by atoms with Gasteiger partial charge in [-0.1, -0.05) is 6.07 Å². The minimum Gasteiger partial charge on any atom is -0.497 e. The van der Waals surface area contributed by atoms with E-state index in [0.29, 0.717) is 36.6 Å². The Bertz CT molecular complexity index is 837. The number of benzene rings is 1. The molecular weight excluding hydrogens is 370 g/mol. The molecule has 2 aromatic rings. The molecule has 2 bridgehead atoms. The predicted octanol–water partition coefficient (Wildman–Crippen LogP) is 2.55. The molecule has 2 atom stereocenters. The van der Waals surface area contributed by atoms with Crippen molar-refractivity contribution in [1.82, 2.24) is 9.88 Å². The fraction of sp³-hybridized carbons (Fsp3) is 0.455. The maximum atomic E-state index is 12.7. The summed E-state index contributed by atoms with van der Waals surface area (Å²) in [7, 11) is 3.16. The van der Waals surface area contributed by atoms with Crippen molar-refractivity contribution in [2.75, 3.05) is 26.1 Å². The van der Waals surface area contributed by atoms with Crippen LogP contribution in [0.25, 0.3) is 0 Å². The topological polar surface area (TPSA) is 83.9 Å². The van der Waals surface area contributed by atoms with Gasteiger partial charge in [-0.15, -0.1) is 0 Å². The maximum Gasteiger partial charge on any atom is 0.238 e. The van der Waals surface area contributed by atoms with E-state index in [4.69, 9.17) is 9.47 Å². The van der Waals surface area contributed by atoms with Crippen LogP contribution < -0.4 is 14.8 Å². The van der Waals surface area contributed by atoms with Gasteiger partial charge in [-0.05, 0) is 31.7 Å². The Labute approximate surface area is 170 Å². The zero-order chi connectivity index (χ0) is 20.4. The van der Waals surface area contributed by atoms with Crippen LogP contribution >= 0.6 is 0 Å². The second kappa shape index (κ2) is 8.00. The monoisotopic (exact) mass is 397 g/mol. The van der Waals surface area contributed by atoms with Crippen LogP contribution in [-0.4, -0.2) is 53.7 Å². The summed E-state index contributed by atoms with van der Waals surface area (Å²) in [4.78, 5) is 19.1. The highest BCUT2D eigenvalue weighted by atomic mass is 16.5. The van der Waals surface area contributed by atoms with Crippen LogP contribution in [-0.2, 0) is 10.4 Å². The van der Waals surface area contributed by atoms with Crippen LogP contribution in [0.15, 0.2) is 42.7 Å². The molecule has 0 saturated carbocycles. The molecular formula is C22H27N3O4. The largest absolute Gasteiger partial charge is 0.497 e. The summed E-state index contributed by atoms with van der Waals surface area (Å²) in [6.07, 6.45) is 6.69. The number of ether oxygens (including phenoxy) is 2. The maximum absolute atomic E-state index is 12.7. The predicted molar refractivity (Wildman–Crippen MR) is 109 cm³/mol. The van der Waals surface area contributed by atoms with Crippen LogP contribution in [0.3, 0.4) is 0 Å². The van der Waals surface area contributed by atoms with E-state index in [0.717, 1.165) is 18.4 Å². The molecule has 7 nitrogen and oxygen atoms in total. The fourth-order valence-corrected chi connectivity index (χ4v) is 4.69. The van der Waals surface area contributed by atoms with E-state index < -0.39 is 5.60 Å². The van der Waals surface area contributed by atoms with E-state index in [9.17, 15) is 9.90 Å². The first kappa shape index (κ1) is 19.7. The number of pyridine rings is 1. The average Bonchev–Trinajstić information content (AvgIpc) is 2.97. The molecule has 3 heterocycles. The van der Waals surface area contributed by atoms with E-state index in [2.05, 4.69) is 15.2 Å². The number of piperidine rings is 1. The first-order chi connectivity index (χ1) is 14.0. The van der Waals surface area contributed by atoms with Crippen molar-refractivity contribution < 1.29 is 19.4 Å². The number of carbonyl (C=O) groups excluding carboxylic acids is 1. The standard InChI is InChI=1S/C22H27N3O4/c1-28-19-8-16(9-20(10-19)29-2)24-21(26)14-25-17-5-6-18(25)12-22(27,11-17)15-4-3-7-23-13-15/h3-4,7-10,13,17-18,27H,5-6,11-12,14H2,1-2H3,(H,24,26)/t17-,18-/m0/s1. The molecule has 7 heteroatoms. The molecule has 1 amide bonds. The summed E-state index contributed by atoms with van der Waals surface area (Å²) in [5, 5.41) is 14.2. The molecule has 0 spiro atoms. The van der Waals surface area contributed by atoms with Crippen molar-refractivity contribution in [2.45, 2.75) is 43.4 Å². The molecule has 0 unspecified atom stereocenters. The third-order valence-corrected chi connectivity index (χ3v) is 6.08. The van der Waals surface area contributed by atoms with Gasteiger partial charge in [0.05, 0.1) is 26.4 Å². The number of nitrogens with zero attached hydrogens (tertiary/aromatic N) is 2. The van der Waals surface area contributed by atoms with Gasteiger partial charge in [-0.25, -0.2) is 0 Å². The summed E-state index contributed by atoms with van der Waals surface area (Å²) < 4.78 is 10.5. The Hall–Kier alpha value is -2.64. The highest BCUT2D eigenvalue weighted by Crippen LogP contribution is 2.45. The van der Waals surface area contributed by atoms with E-state index in [-0.39, 0.29) is 18.0 Å². The summed E-state index contributed by atoms with van der Waals surface area (Å²) >= 11 is 0. The Balaban J connectivity index is 1.43. The van der Waals surface area contributed by atoms with E-state index >= 15 is 0 Å². The third-order valence-electron chi connectivity index (χ3n) is 6.08. The fourth-order valence-electron chi connectivity index (χ4n) is 4.69. The van der Waals surface area contributed by atoms with Crippen LogP contribution in [0.2, 0.25) is 0 Å². The van der Waals surface area contributed by atoms with Gasteiger partial charge < -0.3 is 19.9 Å². The van der Waals surface area contributed by atoms with Gasteiger partial charge in [0.2, 0.25) is 5.91 Å². The minimum atomic E-state index is -0.868. The lowest BCUT2D eigenvalue weighted by Crippen LogP contribution is -2.51. The molecule has 2 saturated heterocycles. The summed E-state index contributed by atoms with van der Waals surface area (Å²) in [5.41, 5.74) is 0.639. The van der Waals surface area contributed by atoms with Crippen LogP contribution in [0, 0.1) is 0 Å². The van der Waals surface area contributed by atoms with Crippen molar-refractivity contribution in [3.8, 4) is 11.5 Å². The Morgan fingerprint density at radius 3 is 2.41 bits per heavy atom. The van der Waals surface area contributed by atoms with Crippen molar-refractivity contribution in [3.05, 3.63) is 48.3 Å². The molecule has 4 rings (SSSR count). The van der Waals surface area contributed by atoms with Gasteiger partial charge >= 0.3 is 0 Å². The van der Waals surface area contributed by atoms with Crippen LogP contribution in [0.4, 0.5) is 5.69 Å². The summed E-state index contributed by atoms with van der Waals surface area (Å²) in [6.45, 7) is 0.304. The lowest BCUT2D eigenvalue weighted by molar-refractivity contribution is -0.121. The van der Waals surface area contributed by atoms with E-state index in [1.54, 1.807) is 44.8 Å². The summed E-state index contributed by atoms with van der Waals surface area (Å²) in [6, 6.07) is 9.47.